The van der Waals surface area contributed by atoms with Crippen LogP contribution in [-0.2, 0) is 10.0 Å². The van der Waals surface area contributed by atoms with Gasteiger partial charge in [-0.3, -0.25) is 0 Å². The first-order valence-electron chi connectivity index (χ1n) is 7.13. The summed E-state index contributed by atoms with van der Waals surface area (Å²) >= 11 is 0. The summed E-state index contributed by atoms with van der Waals surface area (Å²) in [6, 6.07) is 8.69. The zero-order valence-electron chi connectivity index (χ0n) is 11.2. The zero-order valence-corrected chi connectivity index (χ0v) is 12.1. The Bertz CT molecular complexity index is 541. The topological polar surface area (TPSA) is 46.2 Å². The average molecular weight is 279 g/mol. The average Bonchev–Trinajstić information content (AvgIpc) is 3.01. The molecule has 1 N–H and O–H groups in total. The van der Waals surface area contributed by atoms with Gasteiger partial charge in [0.1, 0.15) is 0 Å². The van der Waals surface area contributed by atoms with Crippen LogP contribution in [-0.4, -0.2) is 14.5 Å². The Kier molecular flexibility index (Phi) is 3.39. The highest BCUT2D eigenvalue weighted by molar-refractivity contribution is 7.89. The van der Waals surface area contributed by atoms with Crippen LogP contribution in [0.2, 0.25) is 0 Å². The van der Waals surface area contributed by atoms with Gasteiger partial charge in [0.15, 0.2) is 0 Å². The van der Waals surface area contributed by atoms with Crippen LogP contribution in [0.25, 0.3) is 0 Å². The lowest BCUT2D eigenvalue weighted by Gasteiger charge is -2.28. The van der Waals surface area contributed by atoms with Gasteiger partial charge in [0.05, 0.1) is 4.90 Å². The highest BCUT2D eigenvalue weighted by Gasteiger charge is 2.42. The SMILES string of the molecule is C[C@H](NS(=O)(=O)c1ccccc1)[C@H]1C[C@@H]2CC[C@@H]1C2. The molecule has 2 saturated carbocycles. The van der Waals surface area contributed by atoms with Crippen molar-refractivity contribution in [2.75, 3.05) is 0 Å². The van der Waals surface area contributed by atoms with E-state index in [1.165, 1.54) is 25.7 Å². The molecule has 2 aliphatic carbocycles. The molecule has 4 heteroatoms. The van der Waals surface area contributed by atoms with Crippen LogP contribution in [0.3, 0.4) is 0 Å². The summed E-state index contributed by atoms with van der Waals surface area (Å²) in [5.74, 6) is 2.11. The summed E-state index contributed by atoms with van der Waals surface area (Å²) in [5.41, 5.74) is 0. The summed E-state index contributed by atoms with van der Waals surface area (Å²) in [4.78, 5) is 0.366. The molecular formula is C15H21NO2S. The van der Waals surface area contributed by atoms with E-state index >= 15 is 0 Å². The second-order valence-corrected chi connectivity index (χ2v) is 7.78. The van der Waals surface area contributed by atoms with Crippen LogP contribution in [0.5, 0.6) is 0 Å². The van der Waals surface area contributed by atoms with Gasteiger partial charge in [-0.05, 0) is 56.1 Å². The quantitative estimate of drug-likeness (QED) is 0.921. The Hall–Kier alpha value is -0.870. The molecule has 0 unspecified atom stereocenters. The summed E-state index contributed by atoms with van der Waals surface area (Å²) in [7, 11) is -3.36. The fraction of sp³-hybridized carbons (Fsp3) is 0.600. The molecule has 19 heavy (non-hydrogen) atoms. The fourth-order valence-corrected chi connectivity index (χ4v) is 5.22. The minimum Gasteiger partial charge on any atom is -0.208 e. The number of nitrogens with one attached hydrogen (secondary N) is 1. The van der Waals surface area contributed by atoms with Gasteiger partial charge in [-0.1, -0.05) is 24.6 Å². The van der Waals surface area contributed by atoms with Gasteiger partial charge in [-0.25, -0.2) is 13.1 Å². The molecule has 0 heterocycles. The van der Waals surface area contributed by atoms with Crippen molar-refractivity contribution in [1.82, 2.24) is 4.72 Å². The van der Waals surface area contributed by atoms with E-state index in [0.29, 0.717) is 10.8 Å². The van der Waals surface area contributed by atoms with Gasteiger partial charge in [0, 0.05) is 6.04 Å². The third-order valence-electron chi connectivity index (χ3n) is 4.83. The second-order valence-electron chi connectivity index (χ2n) is 6.06. The van der Waals surface area contributed by atoms with Crippen LogP contribution < -0.4 is 4.72 Å². The molecule has 0 aromatic heterocycles. The second kappa shape index (κ2) is 4.91. The molecule has 2 bridgehead atoms. The molecule has 1 aromatic rings. The molecule has 104 valence electrons. The predicted molar refractivity (Wildman–Crippen MR) is 75.2 cm³/mol. The number of sulfonamides is 1. The summed E-state index contributed by atoms with van der Waals surface area (Å²) in [6.45, 7) is 2.02. The third kappa shape index (κ3) is 2.56. The molecule has 3 rings (SSSR count). The number of benzene rings is 1. The molecule has 4 atom stereocenters. The number of rotatable bonds is 4. The van der Waals surface area contributed by atoms with Crippen molar-refractivity contribution >= 4 is 10.0 Å². The van der Waals surface area contributed by atoms with Gasteiger partial charge < -0.3 is 0 Å². The molecule has 0 saturated heterocycles. The predicted octanol–water partition coefficient (Wildman–Crippen LogP) is 2.79. The maximum absolute atomic E-state index is 12.3. The van der Waals surface area contributed by atoms with E-state index in [2.05, 4.69) is 4.72 Å². The van der Waals surface area contributed by atoms with E-state index in [4.69, 9.17) is 0 Å². The molecule has 2 aliphatic rings. The molecule has 0 radical (unpaired) electrons. The number of hydrogen-bond donors (Lipinski definition) is 1. The summed E-state index contributed by atoms with van der Waals surface area (Å²) in [6.07, 6.45) is 5.14. The first-order valence-corrected chi connectivity index (χ1v) is 8.62. The Morgan fingerprint density at radius 3 is 2.47 bits per heavy atom. The van der Waals surface area contributed by atoms with E-state index in [9.17, 15) is 8.42 Å². The van der Waals surface area contributed by atoms with Crippen LogP contribution in [0, 0.1) is 17.8 Å². The van der Waals surface area contributed by atoms with Crippen LogP contribution >= 0.6 is 0 Å². The highest BCUT2D eigenvalue weighted by atomic mass is 32.2. The Morgan fingerprint density at radius 1 is 1.16 bits per heavy atom. The zero-order chi connectivity index (χ0) is 13.5. The van der Waals surface area contributed by atoms with Crippen molar-refractivity contribution in [2.24, 2.45) is 17.8 Å². The molecule has 0 spiro atoms. The van der Waals surface area contributed by atoms with Crippen LogP contribution in [0.15, 0.2) is 35.2 Å². The van der Waals surface area contributed by atoms with E-state index in [1.807, 2.05) is 13.0 Å². The minimum atomic E-state index is -3.36. The summed E-state index contributed by atoms with van der Waals surface area (Å²) < 4.78 is 27.5. The lowest BCUT2D eigenvalue weighted by atomic mass is 9.84. The Labute approximate surface area is 115 Å². The molecule has 1 aromatic carbocycles. The Balaban J connectivity index is 1.71. The van der Waals surface area contributed by atoms with E-state index in [0.717, 1.165) is 11.8 Å². The molecule has 0 amide bonds. The highest BCUT2D eigenvalue weighted by Crippen LogP contribution is 2.49. The minimum absolute atomic E-state index is 0.0421. The lowest BCUT2D eigenvalue weighted by molar-refractivity contribution is 0.280. The van der Waals surface area contributed by atoms with Crippen LogP contribution in [0.4, 0.5) is 0 Å². The van der Waals surface area contributed by atoms with E-state index in [1.54, 1.807) is 24.3 Å². The first-order chi connectivity index (χ1) is 9.06. The van der Waals surface area contributed by atoms with Crippen LogP contribution in [0.1, 0.15) is 32.6 Å². The summed E-state index contributed by atoms with van der Waals surface area (Å²) in [5, 5.41) is 0. The van der Waals surface area contributed by atoms with Gasteiger partial charge in [0.25, 0.3) is 0 Å². The smallest absolute Gasteiger partial charge is 0.208 e. The van der Waals surface area contributed by atoms with Crippen molar-refractivity contribution in [1.29, 1.82) is 0 Å². The molecule has 0 aliphatic heterocycles. The van der Waals surface area contributed by atoms with Crippen molar-refractivity contribution in [3.8, 4) is 0 Å². The lowest BCUT2D eigenvalue weighted by Crippen LogP contribution is -2.40. The fourth-order valence-electron chi connectivity index (χ4n) is 3.91. The maximum atomic E-state index is 12.3. The van der Waals surface area contributed by atoms with Crippen molar-refractivity contribution in [3.63, 3.8) is 0 Å². The first kappa shape index (κ1) is 13.1. The molecule has 2 fully saturated rings. The largest absolute Gasteiger partial charge is 0.240 e. The van der Waals surface area contributed by atoms with Gasteiger partial charge in [-0.15, -0.1) is 0 Å². The number of fused-ring (bicyclic) bond motifs is 2. The van der Waals surface area contributed by atoms with Gasteiger partial charge in [0.2, 0.25) is 10.0 Å². The Morgan fingerprint density at radius 2 is 1.89 bits per heavy atom. The normalized spacial score (nSPS) is 31.5. The molecular weight excluding hydrogens is 258 g/mol. The van der Waals surface area contributed by atoms with Gasteiger partial charge in [-0.2, -0.15) is 0 Å². The van der Waals surface area contributed by atoms with Crippen molar-refractivity contribution in [2.45, 2.75) is 43.5 Å². The maximum Gasteiger partial charge on any atom is 0.240 e. The standard InChI is InChI=1S/C15H21NO2S/c1-11(15-10-12-7-8-13(15)9-12)16-19(17,18)14-5-3-2-4-6-14/h2-6,11-13,15-16H,7-10H2,1H3/t11-,12+,13+,15+/m0/s1. The van der Waals surface area contributed by atoms with E-state index < -0.39 is 10.0 Å². The number of hydrogen-bond acceptors (Lipinski definition) is 2. The third-order valence-corrected chi connectivity index (χ3v) is 6.40. The van der Waals surface area contributed by atoms with E-state index in [-0.39, 0.29) is 6.04 Å². The van der Waals surface area contributed by atoms with Crippen molar-refractivity contribution < 1.29 is 8.42 Å². The monoisotopic (exact) mass is 279 g/mol. The molecule has 3 nitrogen and oxygen atoms in total. The van der Waals surface area contributed by atoms with Gasteiger partial charge >= 0.3 is 0 Å². The van der Waals surface area contributed by atoms with Crippen molar-refractivity contribution in [3.05, 3.63) is 30.3 Å².